The molecule has 5 heteroatoms. The molecule has 3 rings (SSSR count). The topological polar surface area (TPSA) is 48.3 Å². The predicted molar refractivity (Wildman–Crippen MR) is 73.9 cm³/mol. The van der Waals surface area contributed by atoms with E-state index >= 15 is 0 Å². The standard InChI is InChI=1S/C15H18FN3O/c16-14-7-11(8-17)1-4-15(14)18-9-13-10-19(5-6-20-13)12-2-3-12/h1,4,7,12-13,18H,2-3,5-6,9-10H2. The lowest BCUT2D eigenvalue weighted by atomic mass is 10.2. The van der Waals surface area contributed by atoms with Crippen LogP contribution in [0.1, 0.15) is 18.4 Å². The van der Waals surface area contributed by atoms with Crippen LogP contribution in [0.2, 0.25) is 0 Å². The van der Waals surface area contributed by atoms with E-state index in [2.05, 4.69) is 10.2 Å². The molecular formula is C15H18FN3O. The fourth-order valence-corrected chi connectivity index (χ4v) is 2.59. The number of nitrogens with one attached hydrogen (secondary N) is 1. The SMILES string of the molecule is N#Cc1ccc(NCC2CN(C3CC3)CCO2)c(F)c1. The normalized spacial score (nSPS) is 23.3. The van der Waals surface area contributed by atoms with Crippen LogP contribution in [0.4, 0.5) is 10.1 Å². The summed E-state index contributed by atoms with van der Waals surface area (Å²) in [4.78, 5) is 2.46. The molecule has 1 atom stereocenters. The Balaban J connectivity index is 1.55. The smallest absolute Gasteiger partial charge is 0.147 e. The highest BCUT2D eigenvalue weighted by atomic mass is 19.1. The highest BCUT2D eigenvalue weighted by Crippen LogP contribution is 2.28. The summed E-state index contributed by atoms with van der Waals surface area (Å²) in [5.74, 6) is -0.390. The van der Waals surface area contributed by atoms with Gasteiger partial charge in [-0.1, -0.05) is 0 Å². The lowest BCUT2D eigenvalue weighted by Gasteiger charge is -2.33. The van der Waals surface area contributed by atoms with Gasteiger partial charge < -0.3 is 10.1 Å². The van der Waals surface area contributed by atoms with Crippen molar-refractivity contribution in [2.45, 2.75) is 25.0 Å². The van der Waals surface area contributed by atoms with Crippen molar-refractivity contribution >= 4 is 5.69 Å². The van der Waals surface area contributed by atoms with Gasteiger partial charge >= 0.3 is 0 Å². The van der Waals surface area contributed by atoms with E-state index in [-0.39, 0.29) is 11.9 Å². The maximum Gasteiger partial charge on any atom is 0.147 e. The highest BCUT2D eigenvalue weighted by molar-refractivity contribution is 5.48. The molecule has 20 heavy (non-hydrogen) atoms. The minimum Gasteiger partial charge on any atom is -0.380 e. The third-order valence-corrected chi connectivity index (χ3v) is 3.85. The number of halogens is 1. The molecule has 4 nitrogen and oxygen atoms in total. The molecule has 2 aliphatic rings. The van der Waals surface area contributed by atoms with Crippen molar-refractivity contribution in [1.29, 1.82) is 5.26 Å². The van der Waals surface area contributed by atoms with Crippen molar-refractivity contribution in [2.75, 3.05) is 31.6 Å². The number of nitriles is 1. The average Bonchev–Trinajstić information content (AvgIpc) is 3.31. The number of rotatable bonds is 4. The van der Waals surface area contributed by atoms with Crippen LogP contribution in [0.25, 0.3) is 0 Å². The lowest BCUT2D eigenvalue weighted by molar-refractivity contribution is -0.0241. The fourth-order valence-electron chi connectivity index (χ4n) is 2.59. The molecule has 1 unspecified atom stereocenters. The van der Waals surface area contributed by atoms with Crippen LogP contribution >= 0.6 is 0 Å². The zero-order valence-corrected chi connectivity index (χ0v) is 11.3. The van der Waals surface area contributed by atoms with Crippen LogP contribution in [0.15, 0.2) is 18.2 Å². The monoisotopic (exact) mass is 275 g/mol. The number of anilines is 1. The number of ether oxygens (including phenoxy) is 1. The van der Waals surface area contributed by atoms with Crippen LogP contribution in [0, 0.1) is 17.1 Å². The molecule has 0 bridgehead atoms. The summed E-state index contributed by atoms with van der Waals surface area (Å²) >= 11 is 0. The zero-order chi connectivity index (χ0) is 13.9. The first-order chi connectivity index (χ1) is 9.76. The first kappa shape index (κ1) is 13.3. The molecule has 1 aromatic rings. The van der Waals surface area contributed by atoms with Crippen molar-refractivity contribution in [1.82, 2.24) is 4.90 Å². The second kappa shape index (κ2) is 5.78. The van der Waals surface area contributed by atoms with E-state index in [1.54, 1.807) is 12.1 Å². The molecule has 106 valence electrons. The molecule has 1 saturated heterocycles. The second-order valence-electron chi connectivity index (χ2n) is 5.41. The lowest BCUT2D eigenvalue weighted by Crippen LogP contribution is -2.46. The van der Waals surface area contributed by atoms with Gasteiger partial charge in [-0.2, -0.15) is 5.26 Å². The van der Waals surface area contributed by atoms with Gasteiger partial charge in [0.1, 0.15) is 5.82 Å². The Kier molecular flexibility index (Phi) is 3.86. The van der Waals surface area contributed by atoms with Crippen molar-refractivity contribution in [3.8, 4) is 6.07 Å². The maximum absolute atomic E-state index is 13.7. The van der Waals surface area contributed by atoms with Crippen molar-refractivity contribution in [3.05, 3.63) is 29.6 Å². The Morgan fingerprint density at radius 3 is 3.00 bits per heavy atom. The quantitative estimate of drug-likeness (QED) is 0.912. The molecule has 0 amide bonds. The van der Waals surface area contributed by atoms with Gasteiger partial charge in [0, 0.05) is 25.7 Å². The molecule has 1 saturated carbocycles. The van der Waals surface area contributed by atoms with Gasteiger partial charge in [-0.25, -0.2) is 4.39 Å². The van der Waals surface area contributed by atoms with E-state index in [1.165, 1.54) is 18.9 Å². The van der Waals surface area contributed by atoms with E-state index in [0.717, 1.165) is 25.7 Å². The van der Waals surface area contributed by atoms with E-state index in [1.807, 2.05) is 6.07 Å². The van der Waals surface area contributed by atoms with Crippen LogP contribution in [-0.4, -0.2) is 43.3 Å². The summed E-state index contributed by atoms with van der Waals surface area (Å²) in [7, 11) is 0. The fraction of sp³-hybridized carbons (Fsp3) is 0.533. The predicted octanol–water partition coefficient (Wildman–Crippen LogP) is 1.97. The molecule has 1 aliphatic carbocycles. The summed E-state index contributed by atoms with van der Waals surface area (Å²) in [6.45, 7) is 3.26. The van der Waals surface area contributed by atoms with E-state index in [4.69, 9.17) is 10.00 Å². The van der Waals surface area contributed by atoms with Gasteiger partial charge in [-0.15, -0.1) is 0 Å². The Labute approximate surface area is 118 Å². The van der Waals surface area contributed by atoms with Gasteiger partial charge in [0.25, 0.3) is 0 Å². The minimum absolute atomic E-state index is 0.0967. The summed E-state index contributed by atoms with van der Waals surface area (Å²) in [6, 6.07) is 7.14. The minimum atomic E-state index is -0.390. The van der Waals surface area contributed by atoms with E-state index < -0.39 is 0 Å². The zero-order valence-electron chi connectivity index (χ0n) is 11.3. The van der Waals surface area contributed by atoms with Crippen LogP contribution < -0.4 is 5.32 Å². The molecule has 1 aromatic carbocycles. The first-order valence-corrected chi connectivity index (χ1v) is 7.05. The molecule has 0 aromatic heterocycles. The van der Waals surface area contributed by atoms with Gasteiger partial charge in [0.15, 0.2) is 0 Å². The summed E-state index contributed by atoms with van der Waals surface area (Å²) in [5, 5.41) is 11.8. The average molecular weight is 275 g/mol. The Morgan fingerprint density at radius 1 is 1.45 bits per heavy atom. The molecule has 1 N–H and O–H groups in total. The molecule has 1 aliphatic heterocycles. The highest BCUT2D eigenvalue weighted by Gasteiger charge is 2.32. The Bertz CT molecular complexity index is 524. The number of benzene rings is 1. The van der Waals surface area contributed by atoms with Gasteiger partial charge in [0.05, 0.1) is 30.0 Å². The van der Waals surface area contributed by atoms with Gasteiger partial charge in [-0.05, 0) is 31.0 Å². The summed E-state index contributed by atoms with van der Waals surface area (Å²) in [6.07, 6.45) is 2.69. The largest absolute Gasteiger partial charge is 0.380 e. The van der Waals surface area contributed by atoms with Crippen molar-refractivity contribution in [2.24, 2.45) is 0 Å². The summed E-state index contributed by atoms with van der Waals surface area (Å²) in [5.41, 5.74) is 0.762. The first-order valence-electron chi connectivity index (χ1n) is 7.05. The Morgan fingerprint density at radius 2 is 2.30 bits per heavy atom. The van der Waals surface area contributed by atoms with E-state index in [9.17, 15) is 4.39 Å². The third kappa shape index (κ3) is 3.09. The number of morpholine rings is 1. The maximum atomic E-state index is 13.7. The number of hydrogen-bond acceptors (Lipinski definition) is 4. The number of hydrogen-bond donors (Lipinski definition) is 1. The van der Waals surface area contributed by atoms with Crippen molar-refractivity contribution < 1.29 is 9.13 Å². The van der Waals surface area contributed by atoms with Crippen molar-refractivity contribution in [3.63, 3.8) is 0 Å². The molecule has 2 fully saturated rings. The molecule has 1 heterocycles. The number of nitrogens with zero attached hydrogens (tertiary/aromatic N) is 2. The van der Waals surface area contributed by atoms with Crippen LogP contribution in [0.3, 0.4) is 0 Å². The summed E-state index contributed by atoms with van der Waals surface area (Å²) < 4.78 is 19.5. The van der Waals surface area contributed by atoms with Gasteiger partial charge in [-0.3, -0.25) is 4.90 Å². The molecule has 0 spiro atoms. The van der Waals surface area contributed by atoms with E-state index in [0.29, 0.717) is 17.8 Å². The van der Waals surface area contributed by atoms with Gasteiger partial charge in [0.2, 0.25) is 0 Å². The van der Waals surface area contributed by atoms with Crippen LogP contribution in [0.5, 0.6) is 0 Å². The molecular weight excluding hydrogens is 257 g/mol. The van der Waals surface area contributed by atoms with Crippen LogP contribution in [-0.2, 0) is 4.74 Å². The third-order valence-electron chi connectivity index (χ3n) is 3.85. The Hall–Kier alpha value is -1.64. The second-order valence-corrected chi connectivity index (χ2v) is 5.41. The molecule has 0 radical (unpaired) electrons.